The molecule has 2 rings (SSSR count). The third-order valence-corrected chi connectivity index (χ3v) is 6.05. The van der Waals surface area contributed by atoms with E-state index in [2.05, 4.69) is 11.1 Å². The van der Waals surface area contributed by atoms with Crippen LogP contribution in [0.25, 0.3) is 0 Å². The monoisotopic (exact) mass is 340 g/mol. The minimum absolute atomic E-state index is 0.0594. The first-order valence-electron chi connectivity index (χ1n) is 7.92. The molecule has 0 aromatic carbocycles. The van der Waals surface area contributed by atoms with Crippen molar-refractivity contribution < 1.29 is 25.8 Å². The Kier molecular flexibility index (Phi) is 5.45. The van der Waals surface area contributed by atoms with Crippen LogP contribution in [0.2, 0.25) is 0 Å². The van der Waals surface area contributed by atoms with Gasteiger partial charge in [-0.05, 0) is 49.5 Å². The molecule has 1 unspecified atom stereocenters. The van der Waals surface area contributed by atoms with Crippen molar-refractivity contribution in [1.82, 2.24) is 0 Å². The Morgan fingerprint density at radius 1 is 1.14 bits per heavy atom. The first-order chi connectivity index (χ1) is 10.2. The first kappa shape index (κ1) is 17.6. The van der Waals surface area contributed by atoms with Gasteiger partial charge in [-0.2, -0.15) is 21.6 Å². The van der Waals surface area contributed by atoms with Crippen molar-refractivity contribution >= 4 is 10.1 Å². The summed E-state index contributed by atoms with van der Waals surface area (Å²) in [5, 5.41) is 0. The molecule has 0 spiro atoms. The van der Waals surface area contributed by atoms with E-state index in [9.17, 15) is 21.6 Å². The minimum atomic E-state index is -5.52. The standard InChI is InChI=1S/C15H23F3O3S/c1-2-11-3-5-12(6-4-11)13-7-9-14(10-8-13)21-22(19,20)15(16,17)18/h9,11-13H,2-8,10H2,1H3. The number of hydrogen-bond acceptors (Lipinski definition) is 3. The molecule has 1 fully saturated rings. The molecule has 0 amide bonds. The lowest BCUT2D eigenvalue weighted by atomic mass is 9.71. The highest BCUT2D eigenvalue weighted by molar-refractivity contribution is 7.87. The van der Waals surface area contributed by atoms with Gasteiger partial charge in [0.2, 0.25) is 0 Å². The minimum Gasteiger partial charge on any atom is -0.381 e. The molecule has 7 heteroatoms. The van der Waals surface area contributed by atoms with E-state index in [-0.39, 0.29) is 12.2 Å². The SMILES string of the molecule is CCC1CCC(C2CC=C(OS(=O)(=O)C(F)(F)F)CC2)CC1. The summed E-state index contributed by atoms with van der Waals surface area (Å²) in [5.41, 5.74) is -5.36. The zero-order chi connectivity index (χ0) is 16.4. The van der Waals surface area contributed by atoms with Crippen molar-refractivity contribution in [2.24, 2.45) is 17.8 Å². The van der Waals surface area contributed by atoms with Gasteiger partial charge < -0.3 is 4.18 Å². The average molecular weight is 340 g/mol. The molecule has 0 saturated heterocycles. The second-order valence-corrected chi connectivity index (χ2v) is 7.91. The van der Waals surface area contributed by atoms with Gasteiger partial charge in [-0.15, -0.1) is 0 Å². The van der Waals surface area contributed by atoms with E-state index in [4.69, 9.17) is 0 Å². The van der Waals surface area contributed by atoms with Crippen LogP contribution in [0, 0.1) is 17.8 Å². The van der Waals surface area contributed by atoms with Gasteiger partial charge in [-0.3, -0.25) is 0 Å². The first-order valence-corrected chi connectivity index (χ1v) is 9.33. The van der Waals surface area contributed by atoms with Crippen LogP contribution < -0.4 is 0 Å². The predicted octanol–water partition coefficient (Wildman–Crippen LogP) is 4.75. The maximum atomic E-state index is 12.3. The molecule has 0 heterocycles. The van der Waals surface area contributed by atoms with Crippen LogP contribution in [0.3, 0.4) is 0 Å². The Balaban J connectivity index is 1.88. The summed E-state index contributed by atoms with van der Waals surface area (Å²) in [6.45, 7) is 2.21. The lowest BCUT2D eigenvalue weighted by molar-refractivity contribution is -0.0525. The number of allylic oxidation sites excluding steroid dienone is 2. The van der Waals surface area contributed by atoms with Gasteiger partial charge in [0.05, 0.1) is 0 Å². The van der Waals surface area contributed by atoms with Crippen molar-refractivity contribution in [3.8, 4) is 0 Å². The summed E-state index contributed by atoms with van der Waals surface area (Å²) in [6.07, 6.45) is 9.15. The fourth-order valence-electron chi connectivity index (χ4n) is 3.59. The van der Waals surface area contributed by atoms with Crippen LogP contribution in [0.5, 0.6) is 0 Å². The Labute approximate surface area is 130 Å². The summed E-state index contributed by atoms with van der Waals surface area (Å²) in [7, 11) is -5.52. The van der Waals surface area contributed by atoms with Gasteiger partial charge >= 0.3 is 15.6 Å². The summed E-state index contributed by atoms with van der Waals surface area (Å²) in [5.74, 6) is 1.81. The maximum Gasteiger partial charge on any atom is 0.534 e. The van der Waals surface area contributed by atoms with Crippen LogP contribution in [0.15, 0.2) is 11.8 Å². The smallest absolute Gasteiger partial charge is 0.381 e. The van der Waals surface area contributed by atoms with Crippen LogP contribution in [0.1, 0.15) is 58.3 Å². The van der Waals surface area contributed by atoms with E-state index in [0.29, 0.717) is 24.7 Å². The third kappa shape index (κ3) is 4.18. The van der Waals surface area contributed by atoms with Crippen molar-refractivity contribution in [3.63, 3.8) is 0 Å². The van der Waals surface area contributed by atoms with Crippen LogP contribution in [-0.2, 0) is 14.3 Å². The maximum absolute atomic E-state index is 12.3. The second kappa shape index (κ2) is 6.81. The Morgan fingerprint density at radius 2 is 1.77 bits per heavy atom. The molecular weight excluding hydrogens is 317 g/mol. The zero-order valence-corrected chi connectivity index (χ0v) is 13.5. The predicted molar refractivity (Wildman–Crippen MR) is 77.2 cm³/mol. The van der Waals surface area contributed by atoms with E-state index < -0.39 is 15.6 Å². The molecule has 22 heavy (non-hydrogen) atoms. The van der Waals surface area contributed by atoms with E-state index in [0.717, 1.165) is 5.92 Å². The van der Waals surface area contributed by atoms with Crippen LogP contribution in [0.4, 0.5) is 13.2 Å². The van der Waals surface area contributed by atoms with Gasteiger partial charge in [0.1, 0.15) is 5.76 Å². The van der Waals surface area contributed by atoms with Crippen molar-refractivity contribution in [2.45, 2.75) is 63.8 Å². The Bertz CT molecular complexity index is 503. The molecule has 2 aliphatic carbocycles. The largest absolute Gasteiger partial charge is 0.534 e. The van der Waals surface area contributed by atoms with Crippen molar-refractivity contribution in [1.29, 1.82) is 0 Å². The highest BCUT2D eigenvalue weighted by atomic mass is 32.2. The molecule has 2 aliphatic rings. The van der Waals surface area contributed by atoms with Crippen molar-refractivity contribution in [2.75, 3.05) is 0 Å². The Hall–Kier alpha value is -0.720. The molecule has 1 saturated carbocycles. The lowest BCUT2D eigenvalue weighted by Crippen LogP contribution is -2.27. The quantitative estimate of drug-likeness (QED) is 0.548. The lowest BCUT2D eigenvalue weighted by Gasteiger charge is -2.35. The molecule has 0 aliphatic heterocycles. The summed E-state index contributed by atoms with van der Waals surface area (Å²) in [4.78, 5) is 0. The molecule has 0 aromatic rings. The third-order valence-electron chi connectivity index (χ3n) is 5.05. The zero-order valence-electron chi connectivity index (χ0n) is 12.7. The van der Waals surface area contributed by atoms with Gasteiger partial charge in [0.25, 0.3) is 0 Å². The second-order valence-electron chi connectivity index (χ2n) is 6.38. The fraction of sp³-hybridized carbons (Fsp3) is 0.867. The molecule has 0 bridgehead atoms. The van der Waals surface area contributed by atoms with Gasteiger partial charge in [-0.25, -0.2) is 0 Å². The normalized spacial score (nSPS) is 30.7. The summed E-state index contributed by atoms with van der Waals surface area (Å²) < 4.78 is 63.0. The fourth-order valence-corrected chi connectivity index (χ4v) is 4.12. The van der Waals surface area contributed by atoms with E-state index in [1.807, 2.05) is 0 Å². The van der Waals surface area contributed by atoms with E-state index in [1.54, 1.807) is 0 Å². The van der Waals surface area contributed by atoms with Gasteiger partial charge in [-0.1, -0.05) is 26.2 Å². The summed E-state index contributed by atoms with van der Waals surface area (Å²) in [6, 6.07) is 0. The van der Waals surface area contributed by atoms with E-state index in [1.165, 1.54) is 38.2 Å². The highest BCUT2D eigenvalue weighted by Gasteiger charge is 2.49. The molecule has 0 radical (unpaired) electrons. The highest BCUT2D eigenvalue weighted by Crippen LogP contribution is 2.41. The van der Waals surface area contributed by atoms with Gasteiger partial charge in [0, 0.05) is 6.42 Å². The Morgan fingerprint density at radius 3 is 2.23 bits per heavy atom. The molecule has 128 valence electrons. The number of halogens is 3. The van der Waals surface area contributed by atoms with Gasteiger partial charge in [0.15, 0.2) is 0 Å². The van der Waals surface area contributed by atoms with E-state index >= 15 is 0 Å². The van der Waals surface area contributed by atoms with Crippen molar-refractivity contribution in [3.05, 3.63) is 11.8 Å². The molecular formula is C15H23F3O3S. The summed E-state index contributed by atoms with van der Waals surface area (Å²) >= 11 is 0. The molecule has 0 N–H and O–H groups in total. The average Bonchev–Trinajstić information content (AvgIpc) is 2.47. The molecule has 3 nitrogen and oxygen atoms in total. The number of alkyl halides is 3. The topological polar surface area (TPSA) is 43.4 Å². The van der Waals surface area contributed by atoms with Crippen LogP contribution in [-0.4, -0.2) is 13.9 Å². The number of rotatable bonds is 4. The van der Waals surface area contributed by atoms with Crippen LogP contribution >= 0.6 is 0 Å². The molecule has 1 atom stereocenters. The number of hydrogen-bond donors (Lipinski definition) is 0. The molecule has 0 aromatic heterocycles.